The molecule has 0 spiro atoms. The van der Waals surface area contributed by atoms with Gasteiger partial charge in [-0.15, -0.1) is 11.3 Å². The average Bonchev–Trinajstić information content (AvgIpc) is 3.60. The molecule has 3 aliphatic rings. The molecule has 200 valence electrons. The third kappa shape index (κ3) is 4.60. The van der Waals surface area contributed by atoms with E-state index < -0.39 is 23.8 Å². The van der Waals surface area contributed by atoms with E-state index >= 15 is 0 Å². The average molecular weight is 538 g/mol. The summed E-state index contributed by atoms with van der Waals surface area (Å²) in [4.78, 5) is 42.0. The Morgan fingerprint density at radius 2 is 1.87 bits per heavy atom. The Labute approximate surface area is 225 Å². The van der Waals surface area contributed by atoms with E-state index in [4.69, 9.17) is 18.9 Å². The van der Waals surface area contributed by atoms with Crippen LogP contribution in [0, 0.1) is 5.92 Å². The lowest BCUT2D eigenvalue weighted by atomic mass is 9.68. The van der Waals surface area contributed by atoms with E-state index in [1.807, 2.05) is 36.6 Å². The smallest absolute Gasteiger partial charge is 0.336 e. The van der Waals surface area contributed by atoms with Crippen molar-refractivity contribution < 1.29 is 33.3 Å². The Kier molecular flexibility index (Phi) is 7.56. The molecule has 0 radical (unpaired) electrons. The van der Waals surface area contributed by atoms with Gasteiger partial charge >= 0.3 is 11.9 Å². The van der Waals surface area contributed by atoms with E-state index in [-0.39, 0.29) is 31.7 Å². The summed E-state index contributed by atoms with van der Waals surface area (Å²) >= 11 is 1.52. The minimum atomic E-state index is -1.01. The van der Waals surface area contributed by atoms with Crippen molar-refractivity contribution in [1.82, 2.24) is 5.32 Å². The third-order valence-electron chi connectivity index (χ3n) is 7.08. The van der Waals surface area contributed by atoms with Crippen LogP contribution in [0.15, 0.2) is 58.3 Å². The predicted octanol–water partition coefficient (Wildman–Crippen LogP) is 4.97. The van der Waals surface area contributed by atoms with Crippen LogP contribution in [0.4, 0.5) is 0 Å². The minimum absolute atomic E-state index is 0.104. The second-order valence-electron chi connectivity index (χ2n) is 9.35. The molecule has 0 amide bonds. The summed E-state index contributed by atoms with van der Waals surface area (Å²) in [5.74, 6) is -2.33. The van der Waals surface area contributed by atoms with Gasteiger partial charge < -0.3 is 24.3 Å². The number of fused-ring (bicyclic) bond motifs is 1. The minimum Gasteiger partial charge on any atom is -0.465 e. The highest BCUT2D eigenvalue weighted by molar-refractivity contribution is 7.10. The first kappa shape index (κ1) is 26.0. The summed E-state index contributed by atoms with van der Waals surface area (Å²) in [6, 6.07) is 9.30. The molecule has 5 rings (SSSR count). The molecule has 38 heavy (non-hydrogen) atoms. The second kappa shape index (κ2) is 11.0. The number of nitrogens with one attached hydrogen (secondary N) is 1. The van der Waals surface area contributed by atoms with Crippen LogP contribution in [0.1, 0.15) is 62.3 Å². The standard InChI is InChI=1S/C29H31NO7S/c1-4-8-18-26(29(33)35-6-3)23(16-10-11-20-21(13-16)37-15-36-20)25-19(30-18)14-17(22-9-7-12-38-22)24(27(25)31)28(32)34-5-2/h7,9-13,17,23-24,30H,4-6,8,14-15H2,1-3H3/t17-,23-,24-/m0/s1. The quantitative estimate of drug-likeness (QED) is 0.372. The lowest BCUT2D eigenvalue weighted by molar-refractivity contribution is -0.152. The molecule has 8 nitrogen and oxygen atoms in total. The Balaban J connectivity index is 1.70. The van der Waals surface area contributed by atoms with Crippen LogP contribution in [-0.2, 0) is 23.9 Å². The lowest BCUT2D eigenvalue weighted by Gasteiger charge is -2.39. The Hall–Kier alpha value is -3.59. The van der Waals surface area contributed by atoms with Crippen molar-refractivity contribution in [3.8, 4) is 11.5 Å². The molecule has 0 fully saturated rings. The van der Waals surface area contributed by atoms with Gasteiger partial charge in [-0.05, 0) is 55.8 Å². The number of carbonyl (C=O) groups excluding carboxylic acids is 3. The van der Waals surface area contributed by atoms with Crippen molar-refractivity contribution >= 4 is 29.1 Å². The fraction of sp³-hybridized carbons (Fsp3) is 0.414. The van der Waals surface area contributed by atoms with E-state index in [9.17, 15) is 14.4 Å². The molecule has 1 aromatic carbocycles. The number of thiophene rings is 1. The van der Waals surface area contributed by atoms with E-state index in [0.717, 1.165) is 22.7 Å². The number of Topliss-reactive ketones (excluding diaryl/α,β-unsaturated/α-hetero) is 1. The molecule has 9 heteroatoms. The number of dihydropyridines is 1. The molecule has 3 atom stereocenters. The van der Waals surface area contributed by atoms with Crippen molar-refractivity contribution in [3.63, 3.8) is 0 Å². The zero-order valence-electron chi connectivity index (χ0n) is 21.7. The molecule has 0 saturated heterocycles. The van der Waals surface area contributed by atoms with Crippen molar-refractivity contribution in [2.75, 3.05) is 20.0 Å². The molecule has 0 bridgehead atoms. The molecular weight excluding hydrogens is 506 g/mol. The van der Waals surface area contributed by atoms with E-state index in [0.29, 0.717) is 41.1 Å². The highest BCUT2D eigenvalue weighted by Crippen LogP contribution is 2.50. The maximum Gasteiger partial charge on any atom is 0.336 e. The molecule has 1 aliphatic carbocycles. The summed E-state index contributed by atoms with van der Waals surface area (Å²) in [6.45, 7) is 5.99. The van der Waals surface area contributed by atoms with E-state index in [1.54, 1.807) is 19.9 Å². The maximum atomic E-state index is 14.4. The monoisotopic (exact) mass is 537 g/mol. The maximum absolute atomic E-state index is 14.4. The topological polar surface area (TPSA) is 100 Å². The number of allylic oxidation sites excluding steroid dienone is 3. The van der Waals surface area contributed by atoms with Gasteiger partial charge in [0.05, 0.1) is 18.8 Å². The number of benzene rings is 1. The van der Waals surface area contributed by atoms with Gasteiger partial charge in [-0.25, -0.2) is 4.79 Å². The number of ether oxygens (including phenoxy) is 4. The van der Waals surface area contributed by atoms with Gasteiger partial charge in [0.25, 0.3) is 0 Å². The molecule has 0 unspecified atom stereocenters. The van der Waals surface area contributed by atoms with Gasteiger partial charge in [0.1, 0.15) is 5.92 Å². The van der Waals surface area contributed by atoms with Gasteiger partial charge in [0.15, 0.2) is 17.3 Å². The first-order valence-corrected chi connectivity index (χ1v) is 13.9. The molecule has 0 saturated carbocycles. The molecule has 3 heterocycles. The number of hydrogen-bond donors (Lipinski definition) is 1. The van der Waals surface area contributed by atoms with Crippen LogP contribution in [0.2, 0.25) is 0 Å². The van der Waals surface area contributed by atoms with Crippen LogP contribution in [0.3, 0.4) is 0 Å². The first-order valence-electron chi connectivity index (χ1n) is 13.0. The third-order valence-corrected chi connectivity index (χ3v) is 8.08. The Bertz CT molecular complexity index is 1310. The zero-order valence-corrected chi connectivity index (χ0v) is 22.5. The summed E-state index contributed by atoms with van der Waals surface area (Å²) in [5.41, 5.74) is 2.95. The Morgan fingerprint density at radius 1 is 1.08 bits per heavy atom. The van der Waals surface area contributed by atoms with Gasteiger partial charge in [-0.2, -0.15) is 0 Å². The number of carbonyl (C=O) groups is 3. The van der Waals surface area contributed by atoms with Crippen LogP contribution >= 0.6 is 11.3 Å². The summed E-state index contributed by atoms with van der Waals surface area (Å²) in [5, 5.41) is 5.39. The van der Waals surface area contributed by atoms with Crippen LogP contribution in [-0.4, -0.2) is 37.7 Å². The molecule has 2 aliphatic heterocycles. The SMILES string of the molecule is CCCC1=C(C(=O)OCC)[C@@H](c2ccc3c(c2)OCO3)C2=C(C[C@@H](c3cccs3)[C@H](C(=O)OCC)C2=O)N1. The largest absolute Gasteiger partial charge is 0.465 e. The van der Waals surface area contributed by atoms with Crippen molar-refractivity contribution in [1.29, 1.82) is 0 Å². The molecular formula is C29H31NO7S. The van der Waals surface area contributed by atoms with Crippen molar-refractivity contribution in [2.24, 2.45) is 5.92 Å². The summed E-state index contributed by atoms with van der Waals surface area (Å²) < 4.78 is 22.0. The highest BCUT2D eigenvalue weighted by Gasteiger charge is 2.49. The van der Waals surface area contributed by atoms with Crippen molar-refractivity contribution in [2.45, 2.75) is 51.9 Å². The van der Waals surface area contributed by atoms with Crippen molar-refractivity contribution in [3.05, 3.63) is 68.7 Å². The van der Waals surface area contributed by atoms with Crippen LogP contribution in [0.5, 0.6) is 11.5 Å². The molecule has 1 N–H and O–H groups in total. The van der Waals surface area contributed by atoms with E-state index in [2.05, 4.69) is 5.32 Å². The van der Waals surface area contributed by atoms with E-state index in [1.165, 1.54) is 11.3 Å². The highest BCUT2D eigenvalue weighted by atomic mass is 32.1. The summed E-state index contributed by atoms with van der Waals surface area (Å²) in [7, 11) is 0. The van der Waals surface area contributed by atoms with Gasteiger partial charge in [-0.1, -0.05) is 25.5 Å². The van der Waals surface area contributed by atoms with Gasteiger partial charge in [0.2, 0.25) is 6.79 Å². The lowest BCUT2D eigenvalue weighted by Crippen LogP contribution is -2.43. The normalized spacial score (nSPS) is 22.2. The first-order chi connectivity index (χ1) is 18.5. The number of hydrogen-bond acceptors (Lipinski definition) is 9. The fourth-order valence-corrected chi connectivity index (χ4v) is 6.41. The van der Waals surface area contributed by atoms with Crippen LogP contribution in [0.25, 0.3) is 0 Å². The molecule has 1 aromatic heterocycles. The number of ketones is 1. The summed E-state index contributed by atoms with van der Waals surface area (Å²) in [6.07, 6.45) is 1.83. The zero-order chi connectivity index (χ0) is 26.8. The predicted molar refractivity (Wildman–Crippen MR) is 141 cm³/mol. The van der Waals surface area contributed by atoms with Gasteiger partial charge in [-0.3, -0.25) is 9.59 Å². The van der Waals surface area contributed by atoms with Crippen LogP contribution < -0.4 is 14.8 Å². The second-order valence-corrected chi connectivity index (χ2v) is 10.3. The fourth-order valence-electron chi connectivity index (χ4n) is 5.54. The number of rotatable bonds is 8. The number of esters is 2. The van der Waals surface area contributed by atoms with Gasteiger partial charge in [0, 0.05) is 33.7 Å². The molecule has 2 aromatic rings. The Morgan fingerprint density at radius 3 is 2.58 bits per heavy atom.